The highest BCUT2D eigenvalue weighted by Crippen LogP contribution is 2.52. The summed E-state index contributed by atoms with van der Waals surface area (Å²) < 4.78 is 0.310. The van der Waals surface area contributed by atoms with Crippen LogP contribution in [0.4, 0.5) is 0 Å². The maximum Gasteiger partial charge on any atom is 0.0398 e. The minimum atomic E-state index is 0.310. The van der Waals surface area contributed by atoms with Gasteiger partial charge in [0.2, 0.25) is 0 Å². The molecular formula is C17H23NS. The first-order valence-electron chi connectivity index (χ1n) is 7.20. The number of allylic oxidation sites excluding steroid dienone is 1. The Hall–Kier alpha value is -0.730. The van der Waals surface area contributed by atoms with Crippen LogP contribution in [0.25, 0.3) is 5.57 Å². The van der Waals surface area contributed by atoms with E-state index >= 15 is 0 Å². The van der Waals surface area contributed by atoms with Gasteiger partial charge in [-0.05, 0) is 69.3 Å². The summed E-state index contributed by atoms with van der Waals surface area (Å²) in [7, 11) is 4.35. The molecule has 0 spiro atoms. The minimum Gasteiger partial charge on any atom is -0.309 e. The first-order valence-corrected chi connectivity index (χ1v) is 8.18. The number of hydrogen-bond acceptors (Lipinski definition) is 2. The number of thioether (sulfide) groups is 1. The molecule has 0 amide bonds. The van der Waals surface area contributed by atoms with Gasteiger partial charge in [-0.1, -0.05) is 29.8 Å². The highest BCUT2D eigenvalue weighted by molar-refractivity contribution is 8.01. The lowest BCUT2D eigenvalue weighted by Crippen LogP contribution is -2.31. The fourth-order valence-corrected chi connectivity index (χ4v) is 4.84. The zero-order valence-corrected chi connectivity index (χ0v) is 13.0. The molecule has 1 aromatic rings. The minimum absolute atomic E-state index is 0.310. The molecule has 102 valence electrons. The van der Waals surface area contributed by atoms with Crippen molar-refractivity contribution in [1.29, 1.82) is 0 Å². The Morgan fingerprint density at radius 1 is 1.26 bits per heavy atom. The molecule has 0 aromatic heterocycles. The third-order valence-electron chi connectivity index (χ3n) is 4.43. The molecule has 0 N–H and O–H groups in total. The highest BCUT2D eigenvalue weighted by atomic mass is 32.2. The van der Waals surface area contributed by atoms with E-state index in [4.69, 9.17) is 0 Å². The van der Waals surface area contributed by atoms with Crippen LogP contribution in [0.5, 0.6) is 0 Å². The molecule has 19 heavy (non-hydrogen) atoms. The average Bonchev–Trinajstić information content (AvgIpc) is 2.76. The summed E-state index contributed by atoms with van der Waals surface area (Å²) in [6, 6.07) is 9.02. The van der Waals surface area contributed by atoms with Gasteiger partial charge in [0.05, 0.1) is 0 Å². The van der Waals surface area contributed by atoms with Crippen molar-refractivity contribution in [1.82, 2.24) is 4.90 Å². The van der Waals surface area contributed by atoms with Gasteiger partial charge in [0.15, 0.2) is 0 Å². The van der Waals surface area contributed by atoms with E-state index in [1.54, 1.807) is 16.7 Å². The first kappa shape index (κ1) is 13.3. The summed E-state index contributed by atoms with van der Waals surface area (Å²) >= 11 is 2.16. The summed E-state index contributed by atoms with van der Waals surface area (Å²) in [5, 5.41) is 0. The third kappa shape index (κ3) is 2.36. The standard InChI is InChI=1S/C17H23NS/c1-17(9-10-18(2)3)16-14(8-11-19-17)12-13-6-4-5-7-15(13)16/h4-7H,8-12H2,1-3H3. The summed E-state index contributed by atoms with van der Waals surface area (Å²) in [4.78, 5) is 2.31. The molecule has 2 aliphatic rings. The Labute approximate surface area is 121 Å². The van der Waals surface area contributed by atoms with Gasteiger partial charge in [0.25, 0.3) is 0 Å². The van der Waals surface area contributed by atoms with E-state index < -0.39 is 0 Å². The maximum absolute atomic E-state index is 2.46. The van der Waals surface area contributed by atoms with Gasteiger partial charge in [-0.15, -0.1) is 0 Å². The van der Waals surface area contributed by atoms with E-state index in [-0.39, 0.29) is 0 Å². The predicted octanol–water partition coefficient (Wildman–Crippen LogP) is 3.84. The third-order valence-corrected chi connectivity index (χ3v) is 5.89. The Balaban J connectivity index is 1.96. The van der Waals surface area contributed by atoms with E-state index in [9.17, 15) is 0 Å². The second kappa shape index (κ2) is 4.99. The topological polar surface area (TPSA) is 3.24 Å². The van der Waals surface area contributed by atoms with E-state index in [0.717, 1.165) is 0 Å². The second-order valence-electron chi connectivity index (χ2n) is 6.20. The van der Waals surface area contributed by atoms with Crippen LogP contribution < -0.4 is 0 Å². The molecular weight excluding hydrogens is 250 g/mol. The van der Waals surface area contributed by atoms with Gasteiger partial charge in [-0.3, -0.25) is 0 Å². The molecule has 1 nitrogen and oxygen atoms in total. The van der Waals surface area contributed by atoms with Crippen LogP contribution in [0.1, 0.15) is 30.9 Å². The van der Waals surface area contributed by atoms with E-state index in [1.165, 1.54) is 37.1 Å². The van der Waals surface area contributed by atoms with Crippen molar-refractivity contribution in [2.45, 2.75) is 30.9 Å². The van der Waals surface area contributed by atoms with Crippen molar-refractivity contribution in [3.63, 3.8) is 0 Å². The lowest BCUT2D eigenvalue weighted by atomic mass is 9.88. The van der Waals surface area contributed by atoms with E-state index in [2.05, 4.69) is 61.9 Å². The molecule has 3 rings (SSSR count). The van der Waals surface area contributed by atoms with E-state index in [1.807, 2.05) is 0 Å². The lowest BCUT2D eigenvalue weighted by molar-refractivity contribution is 0.389. The van der Waals surface area contributed by atoms with Crippen molar-refractivity contribution in [3.05, 3.63) is 41.0 Å². The highest BCUT2D eigenvalue weighted by Gasteiger charge is 2.39. The SMILES string of the molecule is CN(C)CCC1(C)SCCC2=C1c1ccccc1C2. The average molecular weight is 273 g/mol. The molecule has 1 atom stereocenters. The zero-order chi connectivity index (χ0) is 13.5. The summed E-state index contributed by atoms with van der Waals surface area (Å²) in [6.45, 7) is 3.63. The quantitative estimate of drug-likeness (QED) is 0.823. The molecule has 1 heterocycles. The van der Waals surface area contributed by atoms with Crippen LogP contribution in [0.2, 0.25) is 0 Å². The Kier molecular flexibility index (Phi) is 3.48. The molecule has 0 saturated heterocycles. The van der Waals surface area contributed by atoms with Crippen LogP contribution >= 0.6 is 11.8 Å². The molecule has 1 aliphatic heterocycles. The maximum atomic E-state index is 2.46. The Morgan fingerprint density at radius 2 is 2.05 bits per heavy atom. The van der Waals surface area contributed by atoms with Gasteiger partial charge in [-0.2, -0.15) is 11.8 Å². The van der Waals surface area contributed by atoms with Gasteiger partial charge in [0, 0.05) is 4.75 Å². The van der Waals surface area contributed by atoms with Crippen molar-refractivity contribution < 1.29 is 0 Å². The summed E-state index contributed by atoms with van der Waals surface area (Å²) in [5.41, 5.74) is 6.46. The monoisotopic (exact) mass is 273 g/mol. The second-order valence-corrected chi connectivity index (χ2v) is 7.79. The Morgan fingerprint density at radius 3 is 2.84 bits per heavy atom. The van der Waals surface area contributed by atoms with Gasteiger partial charge < -0.3 is 4.90 Å². The normalized spacial score (nSPS) is 25.7. The van der Waals surface area contributed by atoms with Crippen LogP contribution in [0.15, 0.2) is 29.8 Å². The van der Waals surface area contributed by atoms with Gasteiger partial charge in [-0.25, -0.2) is 0 Å². The smallest absolute Gasteiger partial charge is 0.0398 e. The molecule has 0 bridgehead atoms. The lowest BCUT2D eigenvalue weighted by Gasteiger charge is -2.37. The zero-order valence-electron chi connectivity index (χ0n) is 12.2. The fourth-order valence-electron chi connectivity index (χ4n) is 3.41. The summed E-state index contributed by atoms with van der Waals surface area (Å²) in [6.07, 6.45) is 3.73. The molecule has 2 heteroatoms. The van der Waals surface area contributed by atoms with Crippen molar-refractivity contribution >= 4 is 17.3 Å². The van der Waals surface area contributed by atoms with Crippen molar-refractivity contribution in [2.75, 3.05) is 26.4 Å². The first-order chi connectivity index (χ1) is 9.10. The Bertz CT molecular complexity index is 518. The molecule has 1 unspecified atom stereocenters. The van der Waals surface area contributed by atoms with Crippen LogP contribution in [0.3, 0.4) is 0 Å². The molecule has 1 aliphatic carbocycles. The number of hydrogen-bond donors (Lipinski definition) is 0. The van der Waals surface area contributed by atoms with E-state index in [0.29, 0.717) is 4.75 Å². The van der Waals surface area contributed by atoms with Crippen molar-refractivity contribution in [3.8, 4) is 0 Å². The molecule has 0 radical (unpaired) electrons. The van der Waals surface area contributed by atoms with Gasteiger partial charge in [0.1, 0.15) is 0 Å². The number of fused-ring (bicyclic) bond motifs is 2. The largest absolute Gasteiger partial charge is 0.309 e. The number of rotatable bonds is 3. The number of benzene rings is 1. The summed E-state index contributed by atoms with van der Waals surface area (Å²) in [5.74, 6) is 1.29. The number of nitrogens with zero attached hydrogens (tertiary/aromatic N) is 1. The van der Waals surface area contributed by atoms with Crippen LogP contribution in [0, 0.1) is 0 Å². The van der Waals surface area contributed by atoms with Crippen LogP contribution in [-0.4, -0.2) is 36.0 Å². The predicted molar refractivity (Wildman–Crippen MR) is 85.7 cm³/mol. The van der Waals surface area contributed by atoms with Gasteiger partial charge >= 0.3 is 0 Å². The molecule has 0 fully saturated rings. The van der Waals surface area contributed by atoms with Crippen molar-refractivity contribution in [2.24, 2.45) is 0 Å². The van der Waals surface area contributed by atoms with Crippen LogP contribution in [-0.2, 0) is 6.42 Å². The molecule has 0 saturated carbocycles. The fraction of sp³-hybridized carbons (Fsp3) is 0.529. The molecule has 1 aromatic carbocycles.